The molecular weight excluding hydrogens is 485 g/mol. The molecule has 0 saturated carbocycles. The predicted molar refractivity (Wildman–Crippen MR) is 130 cm³/mol. The minimum atomic E-state index is -0.159. The molecule has 4 N–H and O–H groups in total. The van der Waals surface area contributed by atoms with E-state index in [2.05, 4.69) is 53.8 Å². The highest BCUT2D eigenvalue weighted by Crippen LogP contribution is 2.27. The molecule has 1 aromatic rings. The lowest BCUT2D eigenvalue weighted by atomic mass is 9.92. The van der Waals surface area contributed by atoms with Gasteiger partial charge in [0, 0.05) is 29.9 Å². The molecule has 0 spiro atoms. The Bertz CT molecular complexity index is 606. The van der Waals surface area contributed by atoms with Crippen LogP contribution < -0.4 is 16.4 Å². The largest absolute Gasteiger partial charge is 0.369 e. The van der Waals surface area contributed by atoms with E-state index in [9.17, 15) is 4.79 Å². The van der Waals surface area contributed by atoms with Gasteiger partial charge < -0.3 is 21.3 Å². The second-order valence-corrected chi connectivity index (χ2v) is 8.83. The number of guanidine groups is 1. The lowest BCUT2D eigenvalue weighted by Gasteiger charge is -2.31. The normalized spacial score (nSPS) is 18.4. The number of nitrogens with one attached hydrogen (secondary N) is 2. The Hall–Kier alpha value is -0.870. The Morgan fingerprint density at radius 3 is 2.86 bits per heavy atom. The molecule has 1 unspecified atom stereocenters. The van der Waals surface area contributed by atoms with Gasteiger partial charge in [-0.25, -0.2) is 0 Å². The SMILES string of the molecule is CCNC(=NCC(C)(C)c1cccs1)NCCCN1CCCC(C(N)=O)C1.I. The van der Waals surface area contributed by atoms with E-state index in [1.54, 1.807) is 11.3 Å². The minimum absolute atomic E-state index is 0. The molecule has 0 bridgehead atoms. The monoisotopic (exact) mass is 521 g/mol. The Labute approximate surface area is 190 Å². The summed E-state index contributed by atoms with van der Waals surface area (Å²) >= 11 is 1.79. The van der Waals surface area contributed by atoms with Gasteiger partial charge in [-0.15, -0.1) is 35.3 Å². The molecule has 2 heterocycles. The van der Waals surface area contributed by atoms with Gasteiger partial charge in [-0.1, -0.05) is 19.9 Å². The number of primary amides is 1. The van der Waals surface area contributed by atoms with Crippen LogP contribution in [-0.4, -0.2) is 56.0 Å². The van der Waals surface area contributed by atoms with E-state index in [-0.39, 0.29) is 41.2 Å². The van der Waals surface area contributed by atoms with Gasteiger partial charge in [0.05, 0.1) is 12.5 Å². The number of rotatable bonds is 9. The zero-order chi connectivity index (χ0) is 19.7. The van der Waals surface area contributed by atoms with Gasteiger partial charge in [0.2, 0.25) is 5.91 Å². The molecule has 6 nitrogen and oxygen atoms in total. The molecule has 1 fully saturated rings. The molecule has 2 rings (SSSR count). The van der Waals surface area contributed by atoms with Crippen molar-refractivity contribution >= 4 is 47.2 Å². The van der Waals surface area contributed by atoms with Gasteiger partial charge in [0.15, 0.2) is 5.96 Å². The van der Waals surface area contributed by atoms with E-state index in [0.29, 0.717) is 0 Å². The summed E-state index contributed by atoms with van der Waals surface area (Å²) in [4.78, 5) is 19.9. The van der Waals surface area contributed by atoms with Crippen molar-refractivity contribution in [3.05, 3.63) is 22.4 Å². The molecule has 0 aromatic carbocycles. The highest BCUT2D eigenvalue weighted by Gasteiger charge is 2.23. The van der Waals surface area contributed by atoms with Crippen molar-refractivity contribution in [2.45, 2.75) is 45.4 Å². The smallest absolute Gasteiger partial charge is 0.221 e. The van der Waals surface area contributed by atoms with E-state index in [0.717, 1.165) is 64.5 Å². The van der Waals surface area contributed by atoms with Gasteiger partial charge in [-0.2, -0.15) is 0 Å². The third-order valence-electron chi connectivity index (χ3n) is 5.02. The number of hydrogen-bond acceptors (Lipinski definition) is 4. The fourth-order valence-electron chi connectivity index (χ4n) is 3.36. The van der Waals surface area contributed by atoms with Crippen LogP contribution in [-0.2, 0) is 10.2 Å². The fourth-order valence-corrected chi connectivity index (χ4v) is 4.20. The van der Waals surface area contributed by atoms with Gasteiger partial charge >= 0.3 is 0 Å². The number of piperidine rings is 1. The number of amides is 1. The summed E-state index contributed by atoms with van der Waals surface area (Å²) in [6, 6.07) is 4.27. The van der Waals surface area contributed by atoms with Crippen molar-refractivity contribution in [2.75, 3.05) is 39.3 Å². The molecule has 1 aliphatic rings. The molecule has 8 heteroatoms. The lowest BCUT2D eigenvalue weighted by Crippen LogP contribution is -2.43. The molecule has 1 atom stereocenters. The number of aliphatic imine (C=N–C) groups is 1. The van der Waals surface area contributed by atoms with Crippen molar-refractivity contribution in [3.8, 4) is 0 Å². The van der Waals surface area contributed by atoms with Crippen molar-refractivity contribution in [1.29, 1.82) is 0 Å². The number of nitrogens with two attached hydrogens (primary N) is 1. The van der Waals surface area contributed by atoms with Crippen molar-refractivity contribution in [2.24, 2.45) is 16.6 Å². The number of halogens is 1. The molecule has 0 aliphatic carbocycles. The second kappa shape index (κ2) is 12.6. The van der Waals surface area contributed by atoms with Gasteiger partial charge in [0.1, 0.15) is 0 Å². The Kier molecular flexibility index (Phi) is 11.4. The maximum absolute atomic E-state index is 11.4. The van der Waals surface area contributed by atoms with Crippen molar-refractivity contribution in [1.82, 2.24) is 15.5 Å². The summed E-state index contributed by atoms with van der Waals surface area (Å²) in [5, 5.41) is 8.88. The molecule has 28 heavy (non-hydrogen) atoms. The minimum Gasteiger partial charge on any atom is -0.369 e. The summed E-state index contributed by atoms with van der Waals surface area (Å²) in [5.41, 5.74) is 5.50. The highest BCUT2D eigenvalue weighted by atomic mass is 127. The van der Waals surface area contributed by atoms with Crippen molar-refractivity contribution in [3.63, 3.8) is 0 Å². The molecule has 1 saturated heterocycles. The van der Waals surface area contributed by atoms with Gasteiger partial charge in [-0.05, 0) is 50.7 Å². The zero-order valence-electron chi connectivity index (χ0n) is 17.4. The first kappa shape index (κ1) is 25.2. The summed E-state index contributed by atoms with van der Waals surface area (Å²) in [6.45, 7) is 11.9. The quantitative estimate of drug-likeness (QED) is 0.202. The lowest BCUT2D eigenvalue weighted by molar-refractivity contribution is -0.123. The van der Waals surface area contributed by atoms with Crippen LogP contribution in [0.2, 0.25) is 0 Å². The maximum Gasteiger partial charge on any atom is 0.221 e. The summed E-state index contributed by atoms with van der Waals surface area (Å²) < 4.78 is 0. The number of hydrogen-bond donors (Lipinski definition) is 3. The van der Waals surface area contributed by atoms with Crippen LogP contribution >= 0.6 is 35.3 Å². The van der Waals surface area contributed by atoms with Crippen LogP contribution in [0.15, 0.2) is 22.5 Å². The van der Waals surface area contributed by atoms with Crippen LogP contribution in [0.3, 0.4) is 0 Å². The number of nitrogens with zero attached hydrogens (tertiary/aromatic N) is 2. The molecule has 1 amide bonds. The van der Waals surface area contributed by atoms with Crippen LogP contribution in [0.25, 0.3) is 0 Å². The van der Waals surface area contributed by atoms with Crippen LogP contribution in [0.5, 0.6) is 0 Å². The maximum atomic E-state index is 11.4. The Morgan fingerprint density at radius 1 is 1.43 bits per heavy atom. The van der Waals surface area contributed by atoms with E-state index < -0.39 is 0 Å². The Morgan fingerprint density at radius 2 is 2.21 bits per heavy atom. The van der Waals surface area contributed by atoms with Crippen LogP contribution in [0.4, 0.5) is 0 Å². The first-order chi connectivity index (χ1) is 12.9. The molecule has 1 aromatic heterocycles. The fraction of sp³-hybridized carbons (Fsp3) is 0.700. The molecule has 1 aliphatic heterocycles. The van der Waals surface area contributed by atoms with Crippen LogP contribution in [0.1, 0.15) is 44.9 Å². The average Bonchev–Trinajstić information content (AvgIpc) is 3.19. The third kappa shape index (κ3) is 8.24. The average molecular weight is 522 g/mol. The highest BCUT2D eigenvalue weighted by molar-refractivity contribution is 14.0. The molecule has 0 radical (unpaired) electrons. The van der Waals surface area contributed by atoms with E-state index in [1.165, 1.54) is 4.88 Å². The summed E-state index contributed by atoms with van der Waals surface area (Å²) in [6.07, 6.45) is 3.01. The van der Waals surface area contributed by atoms with E-state index >= 15 is 0 Å². The first-order valence-electron chi connectivity index (χ1n) is 10.00. The number of thiophene rings is 1. The van der Waals surface area contributed by atoms with E-state index in [4.69, 9.17) is 10.7 Å². The molecule has 160 valence electrons. The first-order valence-corrected chi connectivity index (χ1v) is 10.9. The number of carbonyl (C=O) groups is 1. The standard InChI is InChI=1S/C20H35N5OS.HI/c1-4-22-19(24-15-20(2,3)17-9-6-13-27-17)23-10-7-12-25-11-5-8-16(14-25)18(21)26;/h6,9,13,16H,4-5,7-8,10-12,14-15H2,1-3H3,(H2,21,26)(H2,22,23,24);1H. The summed E-state index contributed by atoms with van der Waals surface area (Å²) in [7, 11) is 0. The Balaban J connectivity index is 0.00000392. The van der Waals surface area contributed by atoms with Gasteiger partial charge in [0.25, 0.3) is 0 Å². The number of carbonyl (C=O) groups excluding carboxylic acids is 1. The molecular formula is C20H36IN5OS. The third-order valence-corrected chi connectivity index (χ3v) is 6.25. The second-order valence-electron chi connectivity index (χ2n) is 7.88. The van der Waals surface area contributed by atoms with Crippen molar-refractivity contribution < 1.29 is 4.79 Å². The topological polar surface area (TPSA) is 82.8 Å². The van der Waals surface area contributed by atoms with E-state index in [1.807, 2.05) is 0 Å². The predicted octanol–water partition coefficient (Wildman–Crippen LogP) is 2.79. The number of likely N-dealkylation sites (tertiary alicyclic amines) is 1. The van der Waals surface area contributed by atoms with Crippen LogP contribution in [0, 0.1) is 5.92 Å². The zero-order valence-corrected chi connectivity index (χ0v) is 20.5. The summed E-state index contributed by atoms with van der Waals surface area (Å²) in [5.74, 6) is 0.730. The van der Waals surface area contributed by atoms with Gasteiger partial charge in [-0.3, -0.25) is 9.79 Å².